The van der Waals surface area contributed by atoms with E-state index in [4.69, 9.17) is 9.47 Å². The predicted molar refractivity (Wildman–Crippen MR) is 133 cm³/mol. The molecular weight excluding hydrogens is 643 g/mol. The van der Waals surface area contributed by atoms with Crippen LogP contribution < -0.4 is 25.9 Å². The summed E-state index contributed by atoms with van der Waals surface area (Å²) in [6, 6.07) is 7.51. The molecule has 2 aromatic rings. The van der Waals surface area contributed by atoms with Crippen molar-refractivity contribution in [1.29, 1.82) is 0 Å². The fourth-order valence-corrected chi connectivity index (χ4v) is 7.66. The average molecular weight is 669 g/mol. The van der Waals surface area contributed by atoms with Gasteiger partial charge in [0.15, 0.2) is 0 Å². The number of fused-ring (bicyclic) bond motifs is 3. The van der Waals surface area contributed by atoms with Crippen molar-refractivity contribution in [3.8, 4) is 16.9 Å². The number of rotatable bonds is 9. The molecule has 6 rings (SSSR count). The second kappa shape index (κ2) is 10.2. The summed E-state index contributed by atoms with van der Waals surface area (Å²) in [4.78, 5) is 11.4. The number of carbonyl (C=O) groups is 1. The van der Waals surface area contributed by atoms with E-state index in [0.717, 1.165) is 23.3 Å². The molecule has 0 unspecified atom stereocenters. The average Bonchev–Trinajstić information content (AvgIpc) is 3.80. The first-order chi connectivity index (χ1) is 19.0. The first-order valence-corrected chi connectivity index (χ1v) is 15.5. The summed E-state index contributed by atoms with van der Waals surface area (Å²) in [5, 5.41) is 19.3. The van der Waals surface area contributed by atoms with Crippen LogP contribution in [0.25, 0.3) is 11.1 Å². The van der Waals surface area contributed by atoms with Crippen LogP contribution in [0, 0.1) is 23.6 Å². The second-order valence-electron chi connectivity index (χ2n) is 10.8. The van der Waals surface area contributed by atoms with Gasteiger partial charge in [0.05, 0.1) is 12.2 Å². The molecule has 5 nitrogen and oxygen atoms in total. The van der Waals surface area contributed by atoms with Gasteiger partial charge in [0.1, 0.15) is 0 Å². The van der Waals surface area contributed by atoms with E-state index in [-0.39, 0.29) is 53.4 Å². The van der Waals surface area contributed by atoms with E-state index >= 15 is 0 Å². The standard InChI is InChI=1S/C30H26F4IO5/c31-25-4-1-16(21-3-2-19(12-24(21)30(32,33)34)39-8-7-29(38)5-6-29)9-18(25)15-40-20-10-17-11-22-26(27(22)28(36)37)23(17)14-35-13-20/h1-4,9-10,12-14,22,26-27,38H,5-8,11,15H2,(H,36,37)/q-1/t22-,26-,27+/m1/s1. The van der Waals surface area contributed by atoms with Crippen molar-refractivity contribution in [2.75, 3.05) is 6.61 Å². The Bertz CT molecular complexity index is 1460. The van der Waals surface area contributed by atoms with Crippen molar-refractivity contribution in [2.24, 2.45) is 17.8 Å². The van der Waals surface area contributed by atoms with Gasteiger partial charge in [-0.3, -0.25) is 0 Å². The molecule has 10 heteroatoms. The van der Waals surface area contributed by atoms with E-state index in [1.54, 1.807) is 0 Å². The summed E-state index contributed by atoms with van der Waals surface area (Å²) in [6.45, 7) is -0.0532. The molecule has 0 radical (unpaired) electrons. The molecular formula is C30H26F4IO5-. The molecule has 3 aliphatic carbocycles. The van der Waals surface area contributed by atoms with Crippen molar-refractivity contribution in [1.82, 2.24) is 0 Å². The molecule has 3 saturated carbocycles. The van der Waals surface area contributed by atoms with Gasteiger partial charge in [-0.2, -0.15) is 0 Å². The first kappa shape index (κ1) is 27.3. The van der Waals surface area contributed by atoms with Gasteiger partial charge in [0.25, 0.3) is 0 Å². The zero-order valence-electron chi connectivity index (χ0n) is 21.2. The van der Waals surface area contributed by atoms with Crippen LogP contribution in [-0.2, 0) is 22.3 Å². The van der Waals surface area contributed by atoms with E-state index in [9.17, 15) is 32.6 Å². The summed E-state index contributed by atoms with van der Waals surface area (Å²) >= 11 is -0.528. The van der Waals surface area contributed by atoms with Crippen LogP contribution in [0.15, 0.2) is 67.5 Å². The first-order valence-electron chi connectivity index (χ1n) is 13.0. The minimum absolute atomic E-state index is 0.0508. The Balaban J connectivity index is 1.17. The van der Waals surface area contributed by atoms with E-state index in [0.29, 0.717) is 31.4 Å². The fourth-order valence-electron chi connectivity index (χ4n) is 5.56. The molecule has 40 heavy (non-hydrogen) atoms. The van der Waals surface area contributed by atoms with Gasteiger partial charge in [-0.1, -0.05) is 0 Å². The molecule has 212 valence electrons. The van der Waals surface area contributed by atoms with E-state index in [1.165, 1.54) is 24.3 Å². The Kier molecular flexibility index (Phi) is 6.97. The molecule has 1 aliphatic heterocycles. The Labute approximate surface area is 238 Å². The Morgan fingerprint density at radius 3 is 2.62 bits per heavy atom. The fraction of sp³-hybridized carbons (Fsp3) is 0.367. The number of ether oxygens (including phenoxy) is 2. The summed E-state index contributed by atoms with van der Waals surface area (Å²) in [5.41, 5.74) is 0.704. The number of aliphatic carboxylic acids is 1. The van der Waals surface area contributed by atoms with Gasteiger partial charge >= 0.3 is 202 Å². The van der Waals surface area contributed by atoms with Crippen molar-refractivity contribution < 1.29 is 63.2 Å². The van der Waals surface area contributed by atoms with Gasteiger partial charge in [-0.25, -0.2) is 0 Å². The summed E-state index contributed by atoms with van der Waals surface area (Å²) in [6.07, 6.45) is -0.421. The van der Waals surface area contributed by atoms with Crippen molar-refractivity contribution >= 4 is 5.97 Å². The number of carboxylic acid groups (broad SMARTS) is 1. The molecule has 0 spiro atoms. The van der Waals surface area contributed by atoms with Crippen LogP contribution in [-0.4, -0.2) is 28.4 Å². The van der Waals surface area contributed by atoms with Crippen LogP contribution in [0.2, 0.25) is 0 Å². The van der Waals surface area contributed by atoms with Crippen LogP contribution in [0.4, 0.5) is 17.6 Å². The quantitative estimate of drug-likeness (QED) is 0.317. The molecule has 0 aromatic heterocycles. The third-order valence-electron chi connectivity index (χ3n) is 8.02. The third kappa shape index (κ3) is 5.52. The van der Waals surface area contributed by atoms with E-state index in [1.807, 2.05) is 10.2 Å². The predicted octanol–water partition coefficient (Wildman–Crippen LogP) is 3.43. The van der Waals surface area contributed by atoms with Crippen molar-refractivity contribution in [3.63, 3.8) is 0 Å². The molecule has 1 heterocycles. The second-order valence-corrected chi connectivity index (χ2v) is 12.7. The van der Waals surface area contributed by atoms with Crippen LogP contribution in [0.5, 0.6) is 5.75 Å². The van der Waals surface area contributed by atoms with E-state index in [2.05, 4.69) is 4.08 Å². The van der Waals surface area contributed by atoms with Crippen molar-refractivity contribution in [3.05, 3.63) is 84.5 Å². The van der Waals surface area contributed by atoms with Crippen LogP contribution in [0.3, 0.4) is 0 Å². The Morgan fingerprint density at radius 1 is 1.10 bits per heavy atom. The van der Waals surface area contributed by atoms with Gasteiger partial charge in [-0.05, 0) is 12.8 Å². The maximum absolute atomic E-state index is 14.7. The summed E-state index contributed by atoms with van der Waals surface area (Å²) in [7, 11) is 0. The number of carboxylic acids is 1. The minimum atomic E-state index is -4.66. The monoisotopic (exact) mass is 669 g/mol. The molecule has 3 atom stereocenters. The third-order valence-corrected chi connectivity index (χ3v) is 10.0. The zero-order chi connectivity index (χ0) is 28.2. The number of hydrogen-bond donors (Lipinski definition) is 2. The van der Waals surface area contributed by atoms with Crippen LogP contribution in [0.1, 0.15) is 36.8 Å². The van der Waals surface area contributed by atoms with Gasteiger partial charge < -0.3 is 5.11 Å². The molecule has 3 fully saturated rings. The van der Waals surface area contributed by atoms with Gasteiger partial charge in [0, 0.05) is 6.42 Å². The molecule has 2 aromatic carbocycles. The van der Waals surface area contributed by atoms with Gasteiger partial charge in [-0.15, -0.1) is 0 Å². The topological polar surface area (TPSA) is 76.0 Å². The van der Waals surface area contributed by atoms with Gasteiger partial charge in [0.2, 0.25) is 0 Å². The molecule has 4 aliphatic rings. The maximum atomic E-state index is 14.7. The number of hydrogen-bond acceptors (Lipinski definition) is 4. The summed E-state index contributed by atoms with van der Waals surface area (Å²) in [5.74, 6) is -0.858. The SMILES string of the molecule is O=C(O)[C@H]1[C@@H]2CC3=CC(OCc4cc(-c5ccc(OCCC6(O)CC6)cc5C(F)(F)F)ccc4F)=C[I-]C=C3[C@@H]21. The molecule has 2 N–H and O–H groups in total. The molecule has 0 bridgehead atoms. The van der Waals surface area contributed by atoms with Crippen LogP contribution >= 0.6 is 0 Å². The normalized spacial score (nSPS) is 24.3. The Morgan fingerprint density at radius 2 is 1.90 bits per heavy atom. The summed E-state index contributed by atoms with van der Waals surface area (Å²) < 4.78 is 72.2. The Hall–Kier alpha value is -2.86. The van der Waals surface area contributed by atoms with Crippen molar-refractivity contribution in [2.45, 2.75) is 44.1 Å². The van der Waals surface area contributed by atoms with E-state index < -0.39 is 50.3 Å². The number of alkyl halides is 3. The number of halogens is 5. The molecule has 0 amide bonds. The zero-order valence-corrected chi connectivity index (χ0v) is 23.3. The number of benzene rings is 2. The number of allylic oxidation sites excluding steroid dienone is 3. The number of aliphatic hydroxyl groups is 1. The molecule has 0 saturated heterocycles.